The highest BCUT2D eigenvalue weighted by molar-refractivity contribution is 5.76. The van der Waals surface area contributed by atoms with E-state index in [0.717, 1.165) is 77.0 Å². The lowest BCUT2D eigenvalue weighted by Crippen LogP contribution is -2.66. The molecule has 0 spiro atoms. The van der Waals surface area contributed by atoms with Crippen molar-refractivity contribution in [1.29, 1.82) is 0 Å². The lowest BCUT2D eigenvalue weighted by molar-refractivity contribution is -0.379. The molecule has 3 rings (SSSR count). The van der Waals surface area contributed by atoms with Gasteiger partial charge < -0.3 is 89.9 Å². The molecule has 0 aromatic rings. The molecule has 3 aliphatic heterocycles. The summed E-state index contributed by atoms with van der Waals surface area (Å²) >= 11 is 0. The molecule has 0 saturated carbocycles. The van der Waals surface area contributed by atoms with Crippen molar-refractivity contribution in [3.63, 3.8) is 0 Å². The van der Waals surface area contributed by atoms with Crippen molar-refractivity contribution in [2.45, 2.75) is 484 Å². The molecule has 19 heteroatoms. The monoisotopic (exact) mass is 1590 g/mol. The molecule has 3 saturated heterocycles. The van der Waals surface area contributed by atoms with E-state index in [2.05, 4.69) is 79.9 Å². The van der Waals surface area contributed by atoms with E-state index in [4.69, 9.17) is 28.4 Å². The van der Waals surface area contributed by atoms with Gasteiger partial charge in [-0.3, -0.25) is 4.79 Å². The minimum Gasteiger partial charge on any atom is -0.394 e. The minimum absolute atomic E-state index is 0.245. The summed E-state index contributed by atoms with van der Waals surface area (Å²) in [5, 5.41) is 121. The molecule has 0 aromatic heterocycles. The molecule has 12 N–H and O–H groups in total. The number of unbranched alkanes of at least 4 members (excludes halogenated alkanes) is 49. The normalized spacial score (nSPS) is 25.2. The van der Waals surface area contributed by atoms with Gasteiger partial charge >= 0.3 is 0 Å². The summed E-state index contributed by atoms with van der Waals surface area (Å²) in [4.78, 5) is 13.5. The maximum absolute atomic E-state index is 13.5. The molecular formula is C93H169NO18. The van der Waals surface area contributed by atoms with Crippen molar-refractivity contribution in [3.8, 4) is 0 Å². The van der Waals surface area contributed by atoms with Crippen molar-refractivity contribution in [2.75, 3.05) is 26.4 Å². The number of aliphatic hydroxyl groups is 11. The van der Waals surface area contributed by atoms with E-state index in [9.17, 15) is 61.0 Å². The fraction of sp³-hybridized carbons (Fsp3) is 0.860. The van der Waals surface area contributed by atoms with Crippen LogP contribution in [-0.2, 0) is 33.2 Å². The lowest BCUT2D eigenvalue weighted by Gasteiger charge is -2.48. The molecule has 0 bridgehead atoms. The zero-order valence-electron chi connectivity index (χ0n) is 70.7. The van der Waals surface area contributed by atoms with Gasteiger partial charge in [0.2, 0.25) is 5.91 Å². The van der Waals surface area contributed by atoms with E-state index in [1.807, 2.05) is 6.08 Å². The zero-order valence-corrected chi connectivity index (χ0v) is 70.7. The Labute approximate surface area is 680 Å². The number of carbonyl (C=O) groups excluding carboxylic acids is 1. The number of hydrogen-bond donors (Lipinski definition) is 12. The van der Waals surface area contributed by atoms with Gasteiger partial charge in [-0.1, -0.05) is 382 Å². The van der Waals surface area contributed by atoms with Gasteiger partial charge in [0, 0.05) is 6.42 Å². The van der Waals surface area contributed by atoms with Crippen LogP contribution in [0.4, 0.5) is 0 Å². The molecule has 1 amide bonds. The van der Waals surface area contributed by atoms with Crippen molar-refractivity contribution in [3.05, 3.63) is 72.9 Å². The average molecular weight is 1590 g/mol. The van der Waals surface area contributed by atoms with E-state index in [0.29, 0.717) is 6.42 Å². The van der Waals surface area contributed by atoms with Gasteiger partial charge in [-0.25, -0.2) is 0 Å². The molecule has 654 valence electrons. The Hall–Kier alpha value is -2.77. The third-order valence-corrected chi connectivity index (χ3v) is 22.8. The molecule has 3 heterocycles. The topological polar surface area (TPSA) is 307 Å². The van der Waals surface area contributed by atoms with Gasteiger partial charge in [0.1, 0.15) is 73.2 Å². The molecule has 0 radical (unpaired) electrons. The second-order valence-electron chi connectivity index (χ2n) is 32.7. The van der Waals surface area contributed by atoms with Crippen molar-refractivity contribution in [2.24, 2.45) is 0 Å². The number of amides is 1. The summed E-state index contributed by atoms with van der Waals surface area (Å²) in [6, 6.07) is -0.976. The van der Waals surface area contributed by atoms with Crippen molar-refractivity contribution >= 4 is 5.91 Å². The molecule has 17 unspecified atom stereocenters. The molecule has 19 nitrogen and oxygen atoms in total. The standard InChI is InChI=1S/C93H169NO18/c1-3-5-7-9-11-13-15-17-19-21-23-25-27-29-31-33-35-36-37-38-39-40-41-43-45-47-49-51-53-55-57-59-61-63-65-67-69-71-81(99)94-76(77(98)70-68-66-64-62-60-58-56-54-52-50-48-46-44-42-34-32-30-28-26-24-22-20-18-16-14-12-10-8-6-4-2)75-107-91-87(105)84(102)89(79(73-96)109-91)112-93-88(106)85(103)90(80(74-97)110-93)111-92-86(104)83(101)82(100)78(72-95)108-92/h5,7,11,13,17,19,23,25,29,31,68,70,76-80,82-93,95-98,100-106H,3-4,6,8-10,12,14-16,18,20-22,24,26-28,30,32-67,69,71-75H2,1-2H3,(H,94,99)/b7-5-,13-11-,19-17-,25-23-,31-29-,70-68+. The first kappa shape index (κ1) is 103. The van der Waals surface area contributed by atoms with Crippen LogP contribution in [0.5, 0.6) is 0 Å². The van der Waals surface area contributed by atoms with Crippen LogP contribution >= 0.6 is 0 Å². The second-order valence-corrected chi connectivity index (χ2v) is 32.7. The predicted molar refractivity (Wildman–Crippen MR) is 452 cm³/mol. The minimum atomic E-state index is -1.98. The number of rotatable bonds is 75. The van der Waals surface area contributed by atoms with E-state index < -0.39 is 124 Å². The summed E-state index contributed by atoms with van der Waals surface area (Å²) in [7, 11) is 0. The number of carbonyl (C=O) groups is 1. The third kappa shape index (κ3) is 50.2. The first-order chi connectivity index (χ1) is 54.8. The quantitative estimate of drug-likeness (QED) is 0.0199. The smallest absolute Gasteiger partial charge is 0.220 e. The maximum atomic E-state index is 13.5. The van der Waals surface area contributed by atoms with Crippen LogP contribution in [-0.4, -0.2) is 193 Å². The summed E-state index contributed by atoms with van der Waals surface area (Å²) < 4.78 is 34.6. The number of ether oxygens (including phenoxy) is 6. The van der Waals surface area contributed by atoms with Gasteiger partial charge in [0.25, 0.3) is 0 Å². The largest absolute Gasteiger partial charge is 0.394 e. The fourth-order valence-electron chi connectivity index (χ4n) is 15.5. The van der Waals surface area contributed by atoms with Crippen molar-refractivity contribution < 1.29 is 89.4 Å². The summed E-state index contributed by atoms with van der Waals surface area (Å²) in [5.41, 5.74) is 0. The van der Waals surface area contributed by atoms with Crippen LogP contribution < -0.4 is 5.32 Å². The highest BCUT2D eigenvalue weighted by Gasteiger charge is 2.54. The highest BCUT2D eigenvalue weighted by Crippen LogP contribution is 2.34. The average Bonchev–Trinajstić information content (AvgIpc) is 0.781. The Morgan fingerprint density at radius 1 is 0.330 bits per heavy atom. The number of allylic oxidation sites excluding steroid dienone is 11. The Balaban J connectivity index is 1.31. The SMILES string of the molecule is CC/C=C\C/C=C\C/C=C\C/C=C\C/C=C\CCCCCCCCCCCCCCCCCCCCCCCC(=O)NC(COC1OC(CO)C(OC2OC(CO)C(OC3OC(CO)C(O)C(O)C3O)C(O)C2O)C(O)C1O)C(O)/C=C/CCCCCCCCCCCCCCCCCCCCCCCCCCCCCC. The van der Waals surface area contributed by atoms with E-state index in [1.54, 1.807) is 6.08 Å². The van der Waals surface area contributed by atoms with Gasteiger partial charge in [-0.2, -0.15) is 0 Å². The van der Waals surface area contributed by atoms with Gasteiger partial charge in [-0.05, 0) is 64.2 Å². The van der Waals surface area contributed by atoms with Crippen LogP contribution in [0.3, 0.4) is 0 Å². The molecule has 3 aliphatic rings. The van der Waals surface area contributed by atoms with E-state index >= 15 is 0 Å². The highest BCUT2D eigenvalue weighted by atomic mass is 16.8. The summed E-state index contributed by atoms with van der Waals surface area (Å²) in [5.74, 6) is -0.269. The summed E-state index contributed by atoms with van der Waals surface area (Å²) in [6.45, 7) is 1.68. The Morgan fingerprint density at radius 3 is 0.964 bits per heavy atom. The fourth-order valence-corrected chi connectivity index (χ4v) is 15.5. The maximum Gasteiger partial charge on any atom is 0.220 e. The number of nitrogens with one attached hydrogen (secondary N) is 1. The first-order valence-electron chi connectivity index (χ1n) is 46.2. The molecule has 3 fully saturated rings. The number of hydrogen-bond acceptors (Lipinski definition) is 18. The molecule has 0 aliphatic carbocycles. The number of aliphatic hydroxyl groups excluding tert-OH is 11. The molecular weight excluding hydrogens is 1420 g/mol. The Morgan fingerprint density at radius 2 is 0.616 bits per heavy atom. The Bertz CT molecular complexity index is 2300. The van der Waals surface area contributed by atoms with Crippen LogP contribution in [0.15, 0.2) is 72.9 Å². The first-order valence-corrected chi connectivity index (χ1v) is 46.2. The van der Waals surface area contributed by atoms with Crippen LogP contribution in [0.1, 0.15) is 380 Å². The molecule has 17 atom stereocenters. The summed E-state index contributed by atoms with van der Waals surface area (Å²) in [6.07, 6.45) is 70.6. The Kier molecular flexibility index (Phi) is 66.7. The third-order valence-electron chi connectivity index (χ3n) is 22.8. The van der Waals surface area contributed by atoms with E-state index in [-0.39, 0.29) is 18.9 Å². The van der Waals surface area contributed by atoms with Crippen LogP contribution in [0.25, 0.3) is 0 Å². The molecule has 112 heavy (non-hydrogen) atoms. The van der Waals surface area contributed by atoms with Crippen LogP contribution in [0.2, 0.25) is 0 Å². The van der Waals surface area contributed by atoms with Gasteiger partial charge in [0.05, 0.1) is 38.6 Å². The van der Waals surface area contributed by atoms with E-state index in [1.165, 1.54) is 276 Å². The van der Waals surface area contributed by atoms with Crippen LogP contribution in [0, 0.1) is 0 Å². The van der Waals surface area contributed by atoms with Gasteiger partial charge in [0.15, 0.2) is 18.9 Å². The molecule has 0 aromatic carbocycles. The lowest BCUT2D eigenvalue weighted by atomic mass is 9.96. The second kappa shape index (κ2) is 72.3. The van der Waals surface area contributed by atoms with Crippen molar-refractivity contribution in [1.82, 2.24) is 5.32 Å². The predicted octanol–water partition coefficient (Wildman–Crippen LogP) is 17.9. The zero-order chi connectivity index (χ0) is 81.0. The van der Waals surface area contributed by atoms with Gasteiger partial charge in [-0.15, -0.1) is 0 Å².